The second kappa shape index (κ2) is 10.2. The number of aliphatic imine (C=N–C) groups is 1. The molecule has 4 rings (SSSR count). The second-order valence-electron chi connectivity index (χ2n) is 7.31. The van der Waals surface area contributed by atoms with Gasteiger partial charge in [-0.1, -0.05) is 5.92 Å². The van der Waals surface area contributed by atoms with Crippen molar-refractivity contribution in [1.82, 2.24) is 5.32 Å². The molecule has 0 bridgehead atoms. The highest BCUT2D eigenvalue weighted by Crippen LogP contribution is 2.40. The molecule has 1 aliphatic carbocycles. The number of aryl methyl sites for hydroxylation is 1. The van der Waals surface area contributed by atoms with E-state index in [-0.39, 0.29) is 12.5 Å². The molecule has 0 saturated carbocycles. The molecule has 7 heteroatoms. The highest BCUT2D eigenvalue weighted by atomic mass is 32.1. The Morgan fingerprint density at radius 2 is 2.19 bits per heavy atom. The van der Waals surface area contributed by atoms with Crippen LogP contribution in [0.3, 0.4) is 0 Å². The molecule has 1 aromatic carbocycles. The predicted molar refractivity (Wildman–Crippen MR) is 125 cm³/mol. The van der Waals surface area contributed by atoms with Gasteiger partial charge in [-0.2, -0.15) is 0 Å². The topological polar surface area (TPSA) is 73.1 Å². The molecule has 0 atom stereocenters. The summed E-state index contributed by atoms with van der Waals surface area (Å²) >= 11 is 1.60. The Morgan fingerprint density at radius 3 is 2.97 bits per heavy atom. The maximum absolute atomic E-state index is 13.1. The SMILES string of the molecule is C#CCOc1ccc(C=Nc2sc3c(c2C(=O)NCc2ccco2)CCCC3)cc1OC. The number of methoxy groups -OCH3 is 1. The van der Waals surface area contributed by atoms with Crippen molar-refractivity contribution in [2.24, 2.45) is 4.99 Å². The number of fused-ring (bicyclic) bond motifs is 1. The minimum absolute atomic E-state index is 0.122. The number of nitrogens with zero attached hydrogens (tertiary/aromatic N) is 1. The number of amides is 1. The van der Waals surface area contributed by atoms with Gasteiger partial charge >= 0.3 is 0 Å². The number of hydrogen-bond donors (Lipinski definition) is 1. The summed E-state index contributed by atoms with van der Waals surface area (Å²) in [4.78, 5) is 19.0. The van der Waals surface area contributed by atoms with Gasteiger partial charge in [0.25, 0.3) is 5.91 Å². The van der Waals surface area contributed by atoms with Crippen molar-refractivity contribution >= 4 is 28.5 Å². The maximum Gasteiger partial charge on any atom is 0.255 e. The zero-order valence-electron chi connectivity index (χ0n) is 17.8. The van der Waals surface area contributed by atoms with Crippen molar-refractivity contribution < 1.29 is 18.7 Å². The van der Waals surface area contributed by atoms with E-state index in [1.54, 1.807) is 43.1 Å². The predicted octanol–water partition coefficient (Wildman–Crippen LogP) is 4.92. The fraction of sp³-hybridized carbons (Fsp3) is 0.280. The Kier molecular flexibility index (Phi) is 6.93. The molecule has 32 heavy (non-hydrogen) atoms. The molecule has 2 aromatic heterocycles. The first-order valence-electron chi connectivity index (χ1n) is 10.4. The lowest BCUT2D eigenvalue weighted by atomic mass is 9.95. The van der Waals surface area contributed by atoms with Gasteiger partial charge in [-0.3, -0.25) is 4.79 Å². The molecule has 2 heterocycles. The number of hydrogen-bond acceptors (Lipinski definition) is 6. The normalized spacial score (nSPS) is 12.9. The first-order valence-corrected chi connectivity index (χ1v) is 11.2. The van der Waals surface area contributed by atoms with Crippen LogP contribution in [-0.4, -0.2) is 25.8 Å². The summed E-state index contributed by atoms with van der Waals surface area (Å²) in [5, 5.41) is 3.69. The van der Waals surface area contributed by atoms with Gasteiger partial charge < -0.3 is 19.2 Å². The van der Waals surface area contributed by atoms with E-state index in [1.165, 1.54) is 4.88 Å². The molecule has 164 valence electrons. The first kappa shape index (κ1) is 21.7. The monoisotopic (exact) mass is 448 g/mol. The van der Waals surface area contributed by atoms with Crippen molar-refractivity contribution in [3.63, 3.8) is 0 Å². The lowest BCUT2D eigenvalue weighted by molar-refractivity contribution is 0.0948. The Hall–Kier alpha value is -3.50. The molecule has 6 nitrogen and oxygen atoms in total. The highest BCUT2D eigenvalue weighted by Gasteiger charge is 2.25. The minimum atomic E-state index is -0.122. The number of carbonyl (C=O) groups is 1. The number of ether oxygens (including phenoxy) is 2. The molecule has 0 saturated heterocycles. The van der Waals surface area contributed by atoms with Crippen molar-refractivity contribution in [3.8, 4) is 23.8 Å². The number of furan rings is 1. The molecule has 0 unspecified atom stereocenters. The van der Waals surface area contributed by atoms with Crippen LogP contribution in [0.5, 0.6) is 11.5 Å². The second-order valence-corrected chi connectivity index (χ2v) is 8.40. The summed E-state index contributed by atoms with van der Waals surface area (Å²) in [5.41, 5.74) is 2.64. The molecule has 1 N–H and O–H groups in total. The van der Waals surface area contributed by atoms with Crippen LogP contribution in [0.1, 0.15) is 45.0 Å². The van der Waals surface area contributed by atoms with Gasteiger partial charge in [0.05, 0.1) is 25.5 Å². The zero-order chi connectivity index (χ0) is 22.3. The van der Waals surface area contributed by atoms with Crippen LogP contribution in [0.25, 0.3) is 0 Å². The molecule has 1 amide bonds. The number of carbonyl (C=O) groups excluding carboxylic acids is 1. The van der Waals surface area contributed by atoms with Crippen LogP contribution in [0.15, 0.2) is 46.0 Å². The molecule has 0 radical (unpaired) electrons. The van der Waals surface area contributed by atoms with Gasteiger partial charge in [-0.05, 0) is 67.1 Å². The Bertz CT molecular complexity index is 1160. The summed E-state index contributed by atoms with van der Waals surface area (Å²) in [7, 11) is 1.58. The molecule has 0 aliphatic heterocycles. The standard InChI is InChI=1S/C25H24N2O4S/c1-3-12-31-20-11-10-17(14-21(20)29-2)15-27-25-23(19-8-4-5-9-22(19)32-25)24(28)26-16-18-7-6-13-30-18/h1,6-7,10-11,13-15H,4-5,8-9,12,16H2,2H3,(H,26,28). The van der Waals surface area contributed by atoms with Gasteiger partial charge in [0, 0.05) is 11.1 Å². The number of thiophene rings is 1. The summed E-state index contributed by atoms with van der Waals surface area (Å²) in [6.45, 7) is 0.511. The Labute approximate surface area is 191 Å². The maximum atomic E-state index is 13.1. The third-order valence-corrected chi connectivity index (χ3v) is 6.41. The van der Waals surface area contributed by atoms with Crippen LogP contribution in [0.2, 0.25) is 0 Å². The number of benzene rings is 1. The summed E-state index contributed by atoms with van der Waals surface area (Å²) < 4.78 is 16.2. The molecule has 0 fully saturated rings. The van der Waals surface area contributed by atoms with E-state index in [2.05, 4.69) is 11.2 Å². The molecule has 3 aromatic rings. The van der Waals surface area contributed by atoms with Crippen LogP contribution < -0.4 is 14.8 Å². The van der Waals surface area contributed by atoms with Gasteiger partial charge in [-0.25, -0.2) is 4.99 Å². The number of terminal acetylenes is 1. The fourth-order valence-electron chi connectivity index (χ4n) is 3.68. The summed E-state index contributed by atoms with van der Waals surface area (Å²) in [6.07, 6.45) is 12.7. The van der Waals surface area contributed by atoms with Crippen LogP contribution in [0, 0.1) is 12.3 Å². The van der Waals surface area contributed by atoms with E-state index in [9.17, 15) is 4.79 Å². The third kappa shape index (κ3) is 4.87. The highest BCUT2D eigenvalue weighted by molar-refractivity contribution is 7.16. The molecular weight excluding hydrogens is 424 g/mol. The lowest BCUT2D eigenvalue weighted by Gasteiger charge is -2.12. The Morgan fingerprint density at radius 1 is 1.31 bits per heavy atom. The molecule has 1 aliphatic rings. The fourth-order valence-corrected chi connectivity index (χ4v) is 4.91. The number of nitrogens with one attached hydrogen (secondary N) is 1. The van der Waals surface area contributed by atoms with Gasteiger partial charge in [0.2, 0.25) is 0 Å². The van der Waals surface area contributed by atoms with E-state index >= 15 is 0 Å². The van der Waals surface area contributed by atoms with E-state index < -0.39 is 0 Å². The van der Waals surface area contributed by atoms with Crippen LogP contribution in [0.4, 0.5) is 5.00 Å². The quantitative estimate of drug-likeness (QED) is 0.392. The van der Waals surface area contributed by atoms with Gasteiger partial charge in [-0.15, -0.1) is 17.8 Å². The number of rotatable bonds is 8. The largest absolute Gasteiger partial charge is 0.493 e. The molecule has 0 spiro atoms. The lowest BCUT2D eigenvalue weighted by Crippen LogP contribution is -2.23. The minimum Gasteiger partial charge on any atom is -0.493 e. The van der Waals surface area contributed by atoms with Crippen LogP contribution >= 0.6 is 11.3 Å². The van der Waals surface area contributed by atoms with E-state index in [0.717, 1.165) is 41.8 Å². The van der Waals surface area contributed by atoms with Gasteiger partial charge in [0.1, 0.15) is 17.4 Å². The summed E-state index contributed by atoms with van der Waals surface area (Å²) in [5.74, 6) is 4.19. The van der Waals surface area contributed by atoms with E-state index in [0.29, 0.717) is 29.4 Å². The third-order valence-electron chi connectivity index (χ3n) is 5.21. The van der Waals surface area contributed by atoms with Crippen molar-refractivity contribution in [2.75, 3.05) is 13.7 Å². The zero-order valence-corrected chi connectivity index (χ0v) is 18.7. The van der Waals surface area contributed by atoms with Gasteiger partial charge in [0.15, 0.2) is 11.5 Å². The van der Waals surface area contributed by atoms with Crippen molar-refractivity contribution in [1.29, 1.82) is 0 Å². The van der Waals surface area contributed by atoms with E-state index in [4.69, 9.17) is 25.3 Å². The van der Waals surface area contributed by atoms with E-state index in [1.807, 2.05) is 18.2 Å². The van der Waals surface area contributed by atoms with Crippen molar-refractivity contribution in [2.45, 2.75) is 32.2 Å². The summed E-state index contributed by atoms with van der Waals surface area (Å²) in [6, 6.07) is 9.16. The average Bonchev–Trinajstić information content (AvgIpc) is 3.47. The first-order chi connectivity index (χ1) is 15.7. The van der Waals surface area contributed by atoms with Crippen molar-refractivity contribution in [3.05, 3.63) is 63.9 Å². The van der Waals surface area contributed by atoms with Crippen LogP contribution in [-0.2, 0) is 19.4 Å². The Balaban J connectivity index is 1.59. The molecular formula is C25H24N2O4S. The smallest absolute Gasteiger partial charge is 0.255 e. The average molecular weight is 449 g/mol.